The minimum Gasteiger partial charge on any atom is -0.329 e. The lowest BCUT2D eigenvalue weighted by atomic mass is 9.77. The summed E-state index contributed by atoms with van der Waals surface area (Å²) in [5.74, 6) is 0.819. The van der Waals surface area contributed by atoms with Crippen molar-refractivity contribution in [1.82, 2.24) is 9.80 Å². The lowest BCUT2D eigenvalue weighted by Gasteiger charge is -2.50. The number of hydrogen-bond acceptors (Lipinski definition) is 3. The molecule has 0 aromatic heterocycles. The van der Waals surface area contributed by atoms with E-state index in [0.717, 1.165) is 12.5 Å². The van der Waals surface area contributed by atoms with Crippen LogP contribution in [0.2, 0.25) is 0 Å². The molecule has 2 bridgehead atoms. The van der Waals surface area contributed by atoms with Gasteiger partial charge in [0.2, 0.25) is 0 Å². The van der Waals surface area contributed by atoms with Gasteiger partial charge < -0.3 is 10.6 Å². The first kappa shape index (κ1) is 15.3. The zero-order chi connectivity index (χ0) is 13.7. The largest absolute Gasteiger partial charge is 0.329 e. The summed E-state index contributed by atoms with van der Waals surface area (Å²) in [6, 6.07) is 0. The Hall–Kier alpha value is -0.120. The van der Waals surface area contributed by atoms with Crippen molar-refractivity contribution in [1.29, 1.82) is 0 Å². The highest BCUT2D eigenvalue weighted by molar-refractivity contribution is 5.05. The monoisotopic (exact) mass is 267 g/mol. The van der Waals surface area contributed by atoms with Crippen LogP contribution in [0.3, 0.4) is 0 Å². The molecule has 0 saturated carbocycles. The van der Waals surface area contributed by atoms with Crippen molar-refractivity contribution < 1.29 is 0 Å². The van der Waals surface area contributed by atoms with Gasteiger partial charge in [-0.1, -0.05) is 26.7 Å². The van der Waals surface area contributed by atoms with Crippen LogP contribution in [-0.4, -0.2) is 54.6 Å². The molecular weight excluding hydrogens is 234 g/mol. The molecule has 0 radical (unpaired) electrons. The van der Waals surface area contributed by atoms with Crippen LogP contribution in [0.1, 0.15) is 52.4 Å². The first-order valence-electron chi connectivity index (χ1n) is 8.44. The summed E-state index contributed by atoms with van der Waals surface area (Å²) in [6.45, 7) is 11.8. The first-order valence-corrected chi connectivity index (χ1v) is 8.44. The molecular formula is C16H33N3. The summed E-state index contributed by atoms with van der Waals surface area (Å²) in [5, 5.41) is 0. The molecule has 112 valence electrons. The zero-order valence-corrected chi connectivity index (χ0v) is 13.0. The molecule has 0 aromatic carbocycles. The van der Waals surface area contributed by atoms with Gasteiger partial charge in [-0.2, -0.15) is 0 Å². The summed E-state index contributed by atoms with van der Waals surface area (Å²) < 4.78 is 0. The van der Waals surface area contributed by atoms with Gasteiger partial charge in [0.05, 0.1) is 0 Å². The molecule has 2 fully saturated rings. The fourth-order valence-corrected chi connectivity index (χ4v) is 4.10. The standard InChI is InChI=1S/C16H33N3/c1-3-5-9-19(10-6-4-2)16(14-17)8-12-18-11-7-15(16)13-18/h15H,3-14,17H2,1-2H3. The number of piperidine rings is 1. The van der Waals surface area contributed by atoms with Gasteiger partial charge in [0.1, 0.15) is 0 Å². The minimum atomic E-state index is 0.317. The van der Waals surface area contributed by atoms with E-state index in [1.54, 1.807) is 0 Å². The van der Waals surface area contributed by atoms with E-state index in [1.807, 2.05) is 0 Å². The second kappa shape index (κ2) is 7.05. The van der Waals surface area contributed by atoms with Gasteiger partial charge in [-0.15, -0.1) is 0 Å². The summed E-state index contributed by atoms with van der Waals surface area (Å²) in [7, 11) is 0. The normalized spacial score (nSPS) is 34.1. The molecule has 2 saturated heterocycles. The molecule has 3 atom stereocenters. The molecule has 2 aliphatic rings. The Bertz CT molecular complexity index is 261. The molecule has 0 spiro atoms. The zero-order valence-electron chi connectivity index (χ0n) is 13.0. The predicted molar refractivity (Wildman–Crippen MR) is 82.3 cm³/mol. The van der Waals surface area contributed by atoms with Crippen LogP contribution in [0.25, 0.3) is 0 Å². The second-order valence-corrected chi connectivity index (χ2v) is 6.54. The van der Waals surface area contributed by atoms with Crippen LogP contribution in [0, 0.1) is 5.92 Å². The maximum Gasteiger partial charge on any atom is 0.0384 e. The van der Waals surface area contributed by atoms with Gasteiger partial charge >= 0.3 is 0 Å². The lowest BCUT2D eigenvalue weighted by molar-refractivity contribution is 0.00573. The van der Waals surface area contributed by atoms with Gasteiger partial charge in [-0.3, -0.25) is 4.90 Å². The number of fused-ring (bicyclic) bond motifs is 2. The summed E-state index contributed by atoms with van der Waals surface area (Å²) in [5.41, 5.74) is 6.62. The minimum absolute atomic E-state index is 0.317. The number of nitrogens with two attached hydrogens (primary N) is 1. The van der Waals surface area contributed by atoms with E-state index in [2.05, 4.69) is 23.6 Å². The number of rotatable bonds is 8. The summed E-state index contributed by atoms with van der Waals surface area (Å²) >= 11 is 0. The highest BCUT2D eigenvalue weighted by Crippen LogP contribution is 2.39. The molecule has 19 heavy (non-hydrogen) atoms. The topological polar surface area (TPSA) is 32.5 Å². The smallest absolute Gasteiger partial charge is 0.0384 e. The van der Waals surface area contributed by atoms with Gasteiger partial charge in [-0.25, -0.2) is 0 Å². The van der Waals surface area contributed by atoms with Gasteiger partial charge in [0.25, 0.3) is 0 Å². The number of nitrogens with zero attached hydrogens (tertiary/aromatic N) is 2. The van der Waals surface area contributed by atoms with E-state index in [1.165, 1.54) is 71.2 Å². The van der Waals surface area contributed by atoms with Crippen molar-refractivity contribution in [2.24, 2.45) is 11.7 Å². The van der Waals surface area contributed by atoms with Crippen molar-refractivity contribution in [3.8, 4) is 0 Å². The Balaban J connectivity index is 2.09. The Morgan fingerprint density at radius 2 is 1.84 bits per heavy atom. The SMILES string of the molecule is CCCCN(CCCC)C1(CN)CCN2CCC1C2. The van der Waals surface area contributed by atoms with Crippen molar-refractivity contribution in [3.63, 3.8) is 0 Å². The van der Waals surface area contributed by atoms with E-state index < -0.39 is 0 Å². The van der Waals surface area contributed by atoms with E-state index in [0.29, 0.717) is 5.54 Å². The lowest BCUT2D eigenvalue weighted by Crippen LogP contribution is -2.62. The highest BCUT2D eigenvalue weighted by Gasteiger charge is 2.48. The van der Waals surface area contributed by atoms with Crippen LogP contribution in [0.4, 0.5) is 0 Å². The fourth-order valence-electron chi connectivity index (χ4n) is 4.10. The first-order chi connectivity index (χ1) is 9.26. The average molecular weight is 267 g/mol. The van der Waals surface area contributed by atoms with E-state index >= 15 is 0 Å². The van der Waals surface area contributed by atoms with Gasteiger partial charge in [0.15, 0.2) is 0 Å². The van der Waals surface area contributed by atoms with E-state index in [9.17, 15) is 0 Å². The predicted octanol–water partition coefficient (Wildman–Crippen LogP) is 2.31. The Morgan fingerprint density at radius 3 is 2.42 bits per heavy atom. The maximum atomic E-state index is 6.31. The fraction of sp³-hybridized carbons (Fsp3) is 1.00. The quantitative estimate of drug-likeness (QED) is 0.732. The van der Waals surface area contributed by atoms with Crippen LogP contribution < -0.4 is 5.73 Å². The number of hydrogen-bond donors (Lipinski definition) is 1. The van der Waals surface area contributed by atoms with Crippen LogP contribution >= 0.6 is 0 Å². The van der Waals surface area contributed by atoms with Gasteiger partial charge in [-0.05, 0) is 57.8 Å². The Labute approximate surface area is 119 Å². The van der Waals surface area contributed by atoms with Crippen LogP contribution in [0.5, 0.6) is 0 Å². The molecule has 0 amide bonds. The maximum absolute atomic E-state index is 6.31. The van der Waals surface area contributed by atoms with E-state index in [4.69, 9.17) is 5.73 Å². The Kier molecular flexibility index (Phi) is 5.67. The third kappa shape index (κ3) is 3.14. The van der Waals surface area contributed by atoms with Crippen molar-refractivity contribution in [2.75, 3.05) is 39.3 Å². The van der Waals surface area contributed by atoms with Crippen LogP contribution in [-0.2, 0) is 0 Å². The molecule has 0 aliphatic carbocycles. The Morgan fingerprint density at radius 1 is 1.16 bits per heavy atom. The van der Waals surface area contributed by atoms with Crippen LogP contribution in [0.15, 0.2) is 0 Å². The third-order valence-corrected chi connectivity index (χ3v) is 5.44. The number of unbranched alkanes of at least 4 members (excludes halogenated alkanes) is 2. The average Bonchev–Trinajstić information content (AvgIpc) is 2.85. The molecule has 3 unspecified atom stereocenters. The highest BCUT2D eigenvalue weighted by atomic mass is 15.3. The van der Waals surface area contributed by atoms with Crippen molar-refractivity contribution in [3.05, 3.63) is 0 Å². The summed E-state index contributed by atoms with van der Waals surface area (Å²) in [6.07, 6.45) is 7.89. The molecule has 0 aromatic rings. The van der Waals surface area contributed by atoms with Crippen molar-refractivity contribution in [2.45, 2.75) is 57.9 Å². The van der Waals surface area contributed by atoms with E-state index in [-0.39, 0.29) is 0 Å². The third-order valence-electron chi connectivity index (χ3n) is 5.44. The van der Waals surface area contributed by atoms with Crippen molar-refractivity contribution >= 4 is 0 Å². The summed E-state index contributed by atoms with van der Waals surface area (Å²) in [4.78, 5) is 5.42. The molecule has 3 nitrogen and oxygen atoms in total. The molecule has 2 heterocycles. The molecule has 3 heteroatoms. The molecule has 2 aliphatic heterocycles. The second-order valence-electron chi connectivity index (χ2n) is 6.54. The van der Waals surface area contributed by atoms with Gasteiger partial charge in [0, 0.05) is 18.6 Å². The molecule has 2 rings (SSSR count). The molecule has 2 N–H and O–H groups in total.